The Morgan fingerprint density at radius 1 is 0.667 bits per heavy atom. The average Bonchev–Trinajstić information content (AvgIpc) is 2.64. The van der Waals surface area contributed by atoms with Crippen LogP contribution in [0.25, 0.3) is 0 Å². The molecule has 0 saturated carbocycles. The monoisotopic (exact) mass is 354 g/mol. The van der Waals surface area contributed by atoms with Gasteiger partial charge in [-0.1, -0.05) is 78.9 Å². The summed E-state index contributed by atoms with van der Waals surface area (Å²) in [5, 5.41) is 0. The van der Waals surface area contributed by atoms with Crippen molar-refractivity contribution in [1.82, 2.24) is 0 Å². The van der Waals surface area contributed by atoms with E-state index >= 15 is 0 Å². The molecule has 0 aliphatic rings. The van der Waals surface area contributed by atoms with Crippen molar-refractivity contribution >= 4 is 21.6 Å². The fraction of sp³-hybridized carbons (Fsp3) is 0.100. The molecule has 0 aromatic heterocycles. The summed E-state index contributed by atoms with van der Waals surface area (Å²) < 4.78 is 25.6. The van der Waals surface area contributed by atoms with E-state index in [1.54, 1.807) is 0 Å². The van der Waals surface area contributed by atoms with Gasteiger partial charge >= 0.3 is 0 Å². The molecule has 3 aromatic carbocycles. The zero-order valence-electron chi connectivity index (χ0n) is 13.1. The van der Waals surface area contributed by atoms with E-state index in [0.717, 1.165) is 11.1 Å². The van der Waals surface area contributed by atoms with Gasteiger partial charge in [-0.25, -0.2) is 0 Å². The molecule has 122 valence electrons. The number of rotatable bonds is 6. The highest BCUT2D eigenvalue weighted by molar-refractivity contribution is 8.02. The van der Waals surface area contributed by atoms with Gasteiger partial charge < -0.3 is 0 Å². The molecule has 0 bridgehead atoms. The first-order valence-corrected chi connectivity index (χ1v) is 10.3. The second-order valence-electron chi connectivity index (χ2n) is 5.36. The molecule has 0 fully saturated rings. The molecule has 2 nitrogen and oxygen atoms in total. The van der Waals surface area contributed by atoms with Crippen molar-refractivity contribution in [3.05, 3.63) is 102 Å². The minimum atomic E-state index is -1.38. The van der Waals surface area contributed by atoms with Crippen LogP contribution in [-0.2, 0) is 27.4 Å². The molecule has 3 atom stereocenters. The smallest absolute Gasteiger partial charge is 0.140 e. The van der Waals surface area contributed by atoms with Gasteiger partial charge in [0.05, 0.1) is 16.6 Å². The van der Waals surface area contributed by atoms with E-state index in [9.17, 15) is 8.42 Å². The quantitative estimate of drug-likeness (QED) is 0.656. The summed E-state index contributed by atoms with van der Waals surface area (Å²) in [5.74, 6) is 0.388. The summed E-state index contributed by atoms with van der Waals surface area (Å²) in [6.07, 6.45) is 0. The van der Waals surface area contributed by atoms with Crippen LogP contribution in [0.15, 0.2) is 95.9 Å². The Balaban J connectivity index is 1.93. The van der Waals surface area contributed by atoms with Gasteiger partial charge in [0, 0.05) is 15.7 Å². The van der Waals surface area contributed by atoms with Gasteiger partial charge in [-0.15, -0.1) is 0 Å². The van der Waals surface area contributed by atoms with Crippen LogP contribution >= 0.6 is 0 Å². The third-order valence-electron chi connectivity index (χ3n) is 3.63. The van der Waals surface area contributed by atoms with Crippen LogP contribution in [0.2, 0.25) is 0 Å². The molecule has 0 saturated heterocycles. The highest BCUT2D eigenvalue weighted by Gasteiger charge is 2.26. The molecule has 24 heavy (non-hydrogen) atoms. The lowest BCUT2D eigenvalue weighted by Gasteiger charge is -2.17. The first-order valence-electron chi connectivity index (χ1n) is 7.67. The Morgan fingerprint density at radius 3 is 1.75 bits per heavy atom. The van der Waals surface area contributed by atoms with E-state index in [2.05, 4.69) is 0 Å². The molecule has 0 aliphatic carbocycles. The molecule has 4 heteroatoms. The molecule has 0 radical (unpaired) electrons. The summed E-state index contributed by atoms with van der Waals surface area (Å²) in [7, 11) is -2.67. The van der Waals surface area contributed by atoms with Gasteiger partial charge in [-0.3, -0.25) is 8.42 Å². The predicted octanol–water partition coefficient (Wildman–Crippen LogP) is 4.44. The van der Waals surface area contributed by atoms with Gasteiger partial charge in [-0.05, 0) is 23.3 Å². The van der Waals surface area contributed by atoms with Crippen LogP contribution in [0.3, 0.4) is 0 Å². The Labute approximate surface area is 147 Å². The van der Waals surface area contributed by atoms with Crippen LogP contribution in [0, 0.1) is 0 Å². The van der Waals surface area contributed by atoms with Crippen LogP contribution < -0.4 is 0 Å². The third kappa shape index (κ3) is 4.08. The van der Waals surface area contributed by atoms with E-state index in [1.165, 1.54) is 0 Å². The molecule has 0 aliphatic heterocycles. The van der Waals surface area contributed by atoms with Crippen LogP contribution in [0.5, 0.6) is 0 Å². The van der Waals surface area contributed by atoms with Crippen molar-refractivity contribution < 1.29 is 8.42 Å². The molecule has 0 N–H and O–H groups in total. The normalized spacial score (nSPS) is 14.7. The summed E-state index contributed by atoms with van der Waals surface area (Å²) in [4.78, 5) is 0.702. The number of hydrogen-bond acceptors (Lipinski definition) is 2. The highest BCUT2D eigenvalue weighted by Crippen LogP contribution is 2.30. The van der Waals surface area contributed by atoms with Crippen molar-refractivity contribution in [1.29, 1.82) is 0 Å². The lowest BCUT2D eigenvalue weighted by Crippen LogP contribution is -2.15. The van der Waals surface area contributed by atoms with Crippen molar-refractivity contribution in [2.75, 3.05) is 0 Å². The topological polar surface area (TPSA) is 34.1 Å². The fourth-order valence-corrected chi connectivity index (χ4v) is 6.00. The van der Waals surface area contributed by atoms with E-state index in [-0.39, 0.29) is 0 Å². The maximum Gasteiger partial charge on any atom is 0.140 e. The van der Waals surface area contributed by atoms with Gasteiger partial charge in [0.2, 0.25) is 0 Å². The molecule has 0 spiro atoms. The van der Waals surface area contributed by atoms with E-state index in [4.69, 9.17) is 0 Å². The average molecular weight is 354 g/mol. The van der Waals surface area contributed by atoms with Gasteiger partial charge in [0.15, 0.2) is 0 Å². The maximum absolute atomic E-state index is 13.1. The summed E-state index contributed by atoms with van der Waals surface area (Å²) in [5.41, 5.74) is 1.83. The lowest BCUT2D eigenvalue weighted by atomic mass is 10.2. The minimum absolute atomic E-state index is 0.388. The molecular formula is C20H18O2S2. The van der Waals surface area contributed by atoms with Crippen molar-refractivity contribution in [3.63, 3.8) is 0 Å². The molecule has 0 amide bonds. The van der Waals surface area contributed by atoms with Gasteiger partial charge in [0.25, 0.3) is 0 Å². The zero-order valence-corrected chi connectivity index (χ0v) is 14.7. The van der Waals surface area contributed by atoms with Crippen LogP contribution in [-0.4, -0.2) is 8.42 Å². The number of hydrogen-bond donors (Lipinski definition) is 0. The Kier molecular flexibility index (Phi) is 5.72. The minimum Gasteiger partial charge on any atom is -0.258 e. The fourth-order valence-electron chi connectivity index (χ4n) is 2.48. The van der Waals surface area contributed by atoms with Crippen LogP contribution in [0.1, 0.15) is 15.7 Å². The Bertz CT molecular complexity index is 818. The van der Waals surface area contributed by atoms with E-state index in [0.29, 0.717) is 10.6 Å². The molecule has 0 heterocycles. The first-order chi connectivity index (χ1) is 11.8. The second-order valence-corrected chi connectivity index (χ2v) is 8.72. The first kappa shape index (κ1) is 16.8. The Morgan fingerprint density at radius 2 is 1.17 bits per heavy atom. The summed E-state index contributed by atoms with van der Waals surface area (Å²) in [6.45, 7) is 0. The Hall–Kier alpha value is -2.04. The molecule has 3 rings (SSSR count). The van der Waals surface area contributed by atoms with Crippen molar-refractivity contribution in [2.24, 2.45) is 0 Å². The largest absolute Gasteiger partial charge is 0.258 e. The molecular weight excluding hydrogens is 336 g/mol. The van der Waals surface area contributed by atoms with Crippen molar-refractivity contribution in [3.8, 4) is 0 Å². The third-order valence-corrected chi connectivity index (χ3v) is 7.57. The zero-order chi connectivity index (χ0) is 16.8. The SMILES string of the molecule is O=S(Cc1ccccc1)C(c1ccccc1)S(=O)c1ccccc1. The summed E-state index contributed by atoms with van der Waals surface area (Å²) >= 11 is 0. The van der Waals surface area contributed by atoms with Gasteiger partial charge in [0.1, 0.15) is 4.58 Å². The molecule has 3 unspecified atom stereocenters. The number of benzene rings is 3. The standard InChI is InChI=1S/C20H18O2S2/c21-23(16-17-10-4-1-5-11-17)20(18-12-6-2-7-13-18)24(22)19-14-8-3-9-15-19/h1-15,20H,16H2. The summed E-state index contributed by atoms with van der Waals surface area (Å²) in [6, 6.07) is 28.4. The predicted molar refractivity (Wildman–Crippen MR) is 100 cm³/mol. The highest BCUT2D eigenvalue weighted by atomic mass is 32.2. The van der Waals surface area contributed by atoms with E-state index < -0.39 is 26.2 Å². The van der Waals surface area contributed by atoms with Crippen molar-refractivity contribution in [2.45, 2.75) is 15.2 Å². The molecule has 3 aromatic rings. The lowest BCUT2D eigenvalue weighted by molar-refractivity contribution is 0.671. The van der Waals surface area contributed by atoms with Gasteiger partial charge in [-0.2, -0.15) is 0 Å². The van der Waals surface area contributed by atoms with Crippen LogP contribution in [0.4, 0.5) is 0 Å². The second kappa shape index (κ2) is 8.18. The maximum atomic E-state index is 13.1. The van der Waals surface area contributed by atoms with E-state index in [1.807, 2.05) is 91.0 Å².